The average Bonchev–Trinajstić information content (AvgIpc) is 3.59. The minimum atomic E-state index is -0.244. The molecule has 2 fully saturated rings. The van der Waals surface area contributed by atoms with E-state index < -0.39 is 0 Å². The smallest absolute Gasteiger partial charge is 0.317 e. The van der Waals surface area contributed by atoms with Crippen LogP contribution in [0.4, 0.5) is 9.18 Å². The lowest BCUT2D eigenvalue weighted by Crippen LogP contribution is -2.52. The SMILES string of the molecule is COc1ccc(OC)c(CN2CCN(C(=O)NCC3(c4ccccc4F)CC3)CC2)c1. The van der Waals surface area contributed by atoms with Gasteiger partial charge in [0.05, 0.1) is 14.2 Å². The van der Waals surface area contributed by atoms with Gasteiger partial charge in [-0.25, -0.2) is 9.18 Å². The Balaban J connectivity index is 1.28. The standard InChI is InChI=1S/C24H30FN3O3/c1-30-19-7-8-22(31-2)18(15-19)16-27-11-13-28(14-12-27)23(29)26-17-24(9-10-24)20-5-3-4-6-21(20)25/h3-8,15H,9-14,16-17H2,1-2H3,(H,26,29). The van der Waals surface area contributed by atoms with Crippen LogP contribution in [0.25, 0.3) is 0 Å². The fourth-order valence-electron chi connectivity index (χ4n) is 4.30. The Morgan fingerprint density at radius 1 is 1.06 bits per heavy atom. The monoisotopic (exact) mass is 427 g/mol. The molecule has 2 aromatic carbocycles. The number of hydrogen-bond acceptors (Lipinski definition) is 4. The second-order valence-electron chi connectivity index (χ2n) is 8.36. The Hall–Kier alpha value is -2.80. The third-order valence-corrected chi connectivity index (χ3v) is 6.42. The molecular weight excluding hydrogens is 397 g/mol. The Labute approximate surface area is 182 Å². The molecule has 0 radical (unpaired) electrons. The molecule has 2 amide bonds. The van der Waals surface area contributed by atoms with Crippen LogP contribution in [0.5, 0.6) is 11.5 Å². The lowest BCUT2D eigenvalue weighted by Gasteiger charge is -2.35. The first kappa shape index (κ1) is 21.4. The van der Waals surface area contributed by atoms with Gasteiger partial charge in [0.25, 0.3) is 0 Å². The second kappa shape index (κ2) is 9.14. The van der Waals surface area contributed by atoms with Crippen molar-refractivity contribution < 1.29 is 18.7 Å². The van der Waals surface area contributed by atoms with Crippen LogP contribution in [0.3, 0.4) is 0 Å². The van der Waals surface area contributed by atoms with E-state index >= 15 is 0 Å². The Bertz CT molecular complexity index is 924. The molecule has 7 heteroatoms. The number of nitrogens with zero attached hydrogens (tertiary/aromatic N) is 2. The molecule has 1 saturated carbocycles. The van der Waals surface area contributed by atoms with E-state index in [9.17, 15) is 9.18 Å². The summed E-state index contributed by atoms with van der Waals surface area (Å²) < 4.78 is 25.0. The molecule has 4 rings (SSSR count). The third-order valence-electron chi connectivity index (χ3n) is 6.42. The lowest BCUT2D eigenvalue weighted by atomic mass is 9.95. The molecule has 0 spiro atoms. The van der Waals surface area contributed by atoms with Gasteiger partial charge in [-0.2, -0.15) is 0 Å². The van der Waals surface area contributed by atoms with Crippen molar-refractivity contribution in [3.05, 3.63) is 59.4 Å². The number of piperazine rings is 1. The van der Waals surface area contributed by atoms with Crippen molar-refractivity contribution in [2.75, 3.05) is 46.9 Å². The van der Waals surface area contributed by atoms with Crippen molar-refractivity contribution in [1.29, 1.82) is 0 Å². The van der Waals surface area contributed by atoms with E-state index in [2.05, 4.69) is 10.2 Å². The van der Waals surface area contributed by atoms with Crippen molar-refractivity contribution in [2.24, 2.45) is 0 Å². The largest absolute Gasteiger partial charge is 0.497 e. The van der Waals surface area contributed by atoms with E-state index in [0.29, 0.717) is 25.2 Å². The Morgan fingerprint density at radius 3 is 2.45 bits per heavy atom. The van der Waals surface area contributed by atoms with Crippen LogP contribution in [-0.2, 0) is 12.0 Å². The summed E-state index contributed by atoms with van der Waals surface area (Å²) in [6.45, 7) is 4.11. The number of carbonyl (C=O) groups is 1. The molecule has 1 heterocycles. The van der Waals surface area contributed by atoms with Gasteiger partial charge in [-0.1, -0.05) is 18.2 Å². The van der Waals surface area contributed by atoms with Gasteiger partial charge in [0, 0.05) is 50.2 Å². The van der Waals surface area contributed by atoms with E-state index in [-0.39, 0.29) is 17.3 Å². The first-order valence-corrected chi connectivity index (χ1v) is 10.8. The summed E-state index contributed by atoms with van der Waals surface area (Å²) >= 11 is 0. The highest BCUT2D eigenvalue weighted by atomic mass is 19.1. The van der Waals surface area contributed by atoms with Crippen LogP contribution in [0.1, 0.15) is 24.0 Å². The zero-order valence-electron chi connectivity index (χ0n) is 18.2. The van der Waals surface area contributed by atoms with Gasteiger partial charge in [0.1, 0.15) is 17.3 Å². The van der Waals surface area contributed by atoms with Crippen LogP contribution >= 0.6 is 0 Å². The number of benzene rings is 2. The van der Waals surface area contributed by atoms with Gasteiger partial charge in [-0.05, 0) is 42.7 Å². The van der Waals surface area contributed by atoms with E-state index in [0.717, 1.165) is 49.5 Å². The normalized spacial score (nSPS) is 17.8. The number of nitrogens with one attached hydrogen (secondary N) is 1. The van der Waals surface area contributed by atoms with E-state index in [1.54, 1.807) is 20.3 Å². The molecule has 1 N–H and O–H groups in total. The minimum Gasteiger partial charge on any atom is -0.497 e. The Kier molecular flexibility index (Phi) is 6.32. The molecule has 1 aliphatic heterocycles. The Morgan fingerprint density at radius 2 is 1.81 bits per heavy atom. The third kappa shape index (κ3) is 4.77. The first-order chi connectivity index (χ1) is 15.0. The molecule has 2 aromatic rings. The van der Waals surface area contributed by atoms with Gasteiger partial charge in [0.2, 0.25) is 0 Å². The van der Waals surface area contributed by atoms with Gasteiger partial charge >= 0.3 is 6.03 Å². The highest BCUT2D eigenvalue weighted by Gasteiger charge is 2.46. The average molecular weight is 428 g/mol. The molecule has 2 aliphatic rings. The molecular formula is C24H30FN3O3. The molecule has 0 unspecified atom stereocenters. The van der Waals surface area contributed by atoms with Crippen LogP contribution in [0.15, 0.2) is 42.5 Å². The number of hydrogen-bond donors (Lipinski definition) is 1. The summed E-state index contributed by atoms with van der Waals surface area (Å²) in [5.41, 5.74) is 1.54. The number of methoxy groups -OCH3 is 2. The molecule has 0 aromatic heterocycles. The number of amides is 2. The van der Waals surface area contributed by atoms with Crippen LogP contribution < -0.4 is 14.8 Å². The van der Waals surface area contributed by atoms with Crippen molar-refractivity contribution in [1.82, 2.24) is 15.1 Å². The molecule has 1 saturated heterocycles. The van der Waals surface area contributed by atoms with Crippen molar-refractivity contribution in [3.63, 3.8) is 0 Å². The van der Waals surface area contributed by atoms with Crippen LogP contribution in [0.2, 0.25) is 0 Å². The quantitative estimate of drug-likeness (QED) is 0.736. The summed E-state index contributed by atoms with van der Waals surface area (Å²) in [6, 6.07) is 12.6. The molecule has 6 nitrogen and oxygen atoms in total. The van der Waals surface area contributed by atoms with Gasteiger partial charge in [0.15, 0.2) is 0 Å². The van der Waals surface area contributed by atoms with E-state index in [1.807, 2.05) is 35.2 Å². The maximum absolute atomic E-state index is 14.2. The summed E-state index contributed by atoms with van der Waals surface area (Å²) in [5.74, 6) is 1.46. The molecule has 1 aliphatic carbocycles. The number of halogens is 1. The predicted octanol–water partition coefficient (Wildman–Crippen LogP) is 3.40. The summed E-state index contributed by atoms with van der Waals surface area (Å²) in [7, 11) is 3.32. The fourth-order valence-corrected chi connectivity index (χ4v) is 4.30. The highest BCUT2D eigenvalue weighted by molar-refractivity contribution is 5.74. The maximum Gasteiger partial charge on any atom is 0.317 e. The summed E-state index contributed by atoms with van der Waals surface area (Å²) in [6.07, 6.45) is 1.81. The van der Waals surface area contributed by atoms with Crippen LogP contribution in [-0.4, -0.2) is 62.8 Å². The minimum absolute atomic E-state index is 0.0683. The predicted molar refractivity (Wildman–Crippen MR) is 117 cm³/mol. The maximum atomic E-state index is 14.2. The first-order valence-electron chi connectivity index (χ1n) is 10.8. The molecule has 0 bridgehead atoms. The second-order valence-corrected chi connectivity index (χ2v) is 8.36. The zero-order chi connectivity index (χ0) is 21.8. The lowest BCUT2D eigenvalue weighted by molar-refractivity contribution is 0.134. The molecule has 31 heavy (non-hydrogen) atoms. The van der Waals surface area contributed by atoms with E-state index in [4.69, 9.17) is 9.47 Å². The number of rotatable bonds is 7. The molecule has 166 valence electrons. The van der Waals surface area contributed by atoms with Crippen molar-refractivity contribution in [3.8, 4) is 11.5 Å². The summed E-state index contributed by atoms with van der Waals surface area (Å²) in [5, 5.41) is 3.04. The summed E-state index contributed by atoms with van der Waals surface area (Å²) in [4.78, 5) is 16.9. The number of carbonyl (C=O) groups excluding carboxylic acids is 1. The van der Waals surface area contributed by atoms with E-state index in [1.165, 1.54) is 6.07 Å². The van der Waals surface area contributed by atoms with Gasteiger partial charge < -0.3 is 19.7 Å². The zero-order valence-corrected chi connectivity index (χ0v) is 18.2. The topological polar surface area (TPSA) is 54.0 Å². The highest BCUT2D eigenvalue weighted by Crippen LogP contribution is 2.48. The number of urea groups is 1. The van der Waals surface area contributed by atoms with Crippen molar-refractivity contribution in [2.45, 2.75) is 24.8 Å². The van der Waals surface area contributed by atoms with Gasteiger partial charge in [-0.15, -0.1) is 0 Å². The van der Waals surface area contributed by atoms with Gasteiger partial charge in [-0.3, -0.25) is 4.90 Å². The van der Waals surface area contributed by atoms with Crippen molar-refractivity contribution >= 4 is 6.03 Å². The number of ether oxygens (including phenoxy) is 2. The molecule has 0 atom stereocenters. The fraction of sp³-hybridized carbons (Fsp3) is 0.458. The van der Waals surface area contributed by atoms with Crippen LogP contribution in [0, 0.1) is 5.82 Å².